The molecular formula is C8H12N4O3S. The zero-order chi connectivity index (χ0) is 12.1. The van der Waals surface area contributed by atoms with Crippen LogP contribution >= 0.6 is 12.6 Å². The zero-order valence-electron chi connectivity index (χ0n) is 8.71. The lowest BCUT2D eigenvalue weighted by molar-refractivity contribution is -0.392. The van der Waals surface area contributed by atoms with E-state index in [2.05, 4.69) is 23.0 Å². The average Bonchev–Trinajstić information content (AvgIpc) is 2.56. The summed E-state index contributed by atoms with van der Waals surface area (Å²) in [4.78, 5) is 21.4. The fourth-order valence-electron chi connectivity index (χ4n) is 1.18. The minimum absolute atomic E-state index is 0.155. The van der Waals surface area contributed by atoms with Crippen molar-refractivity contribution in [1.82, 2.24) is 15.1 Å². The highest BCUT2D eigenvalue weighted by Gasteiger charge is 2.18. The molecule has 1 aromatic heterocycles. The molecule has 16 heavy (non-hydrogen) atoms. The van der Waals surface area contributed by atoms with Gasteiger partial charge in [0.15, 0.2) is 6.54 Å². The average molecular weight is 244 g/mol. The Balaban J connectivity index is 2.72. The number of carbonyl (C=O) groups excluding carboxylic acids is 1. The number of carbonyl (C=O) groups is 1. The van der Waals surface area contributed by atoms with Crippen LogP contribution in [-0.4, -0.2) is 32.9 Å². The fourth-order valence-corrected chi connectivity index (χ4v) is 1.29. The van der Waals surface area contributed by atoms with Crippen molar-refractivity contribution in [1.29, 1.82) is 0 Å². The van der Waals surface area contributed by atoms with Gasteiger partial charge in [-0.3, -0.25) is 4.79 Å². The second kappa shape index (κ2) is 5.50. The predicted octanol–water partition coefficient (Wildman–Crippen LogP) is 0.146. The molecule has 0 fully saturated rings. The van der Waals surface area contributed by atoms with E-state index >= 15 is 0 Å². The van der Waals surface area contributed by atoms with Crippen LogP contribution in [0.4, 0.5) is 5.82 Å². The minimum Gasteiger partial charge on any atom is -0.358 e. The molecule has 0 unspecified atom stereocenters. The lowest BCUT2D eigenvalue weighted by atomic mass is 10.5. The molecule has 0 saturated heterocycles. The third-order valence-electron chi connectivity index (χ3n) is 1.80. The standard InChI is InChI=1S/C8H12N4O3S/c1-6-4-8(12(14)15)11(10-6)5-7(13)9-2-3-16/h4,16H,2-3,5H2,1H3,(H,9,13). The number of aryl methyl sites for hydroxylation is 1. The summed E-state index contributed by atoms with van der Waals surface area (Å²) < 4.78 is 1.07. The number of thiol groups is 1. The highest BCUT2D eigenvalue weighted by atomic mass is 32.1. The number of nitrogens with one attached hydrogen (secondary N) is 1. The van der Waals surface area contributed by atoms with E-state index in [1.54, 1.807) is 6.92 Å². The van der Waals surface area contributed by atoms with Crippen LogP contribution in [0.15, 0.2) is 6.07 Å². The normalized spacial score (nSPS) is 10.1. The van der Waals surface area contributed by atoms with E-state index in [9.17, 15) is 14.9 Å². The summed E-state index contributed by atoms with van der Waals surface area (Å²) in [7, 11) is 0. The molecule has 1 aromatic rings. The van der Waals surface area contributed by atoms with Gasteiger partial charge in [-0.15, -0.1) is 4.68 Å². The van der Waals surface area contributed by atoms with E-state index in [0.717, 1.165) is 4.68 Å². The van der Waals surface area contributed by atoms with Crippen LogP contribution in [0.5, 0.6) is 0 Å². The van der Waals surface area contributed by atoms with Gasteiger partial charge >= 0.3 is 5.82 Å². The number of hydrogen-bond acceptors (Lipinski definition) is 5. The maximum Gasteiger partial charge on any atom is 0.345 e. The van der Waals surface area contributed by atoms with Crippen molar-refractivity contribution >= 4 is 24.4 Å². The van der Waals surface area contributed by atoms with E-state index < -0.39 is 4.92 Å². The summed E-state index contributed by atoms with van der Waals surface area (Å²) in [6.07, 6.45) is 0. The number of hydrogen-bond donors (Lipinski definition) is 2. The van der Waals surface area contributed by atoms with Gasteiger partial charge in [0.25, 0.3) is 5.91 Å². The van der Waals surface area contributed by atoms with Crippen LogP contribution in [-0.2, 0) is 11.3 Å². The molecule has 0 saturated carbocycles. The van der Waals surface area contributed by atoms with Crippen molar-refractivity contribution in [3.63, 3.8) is 0 Å². The summed E-state index contributed by atoms with van der Waals surface area (Å²) in [6, 6.07) is 1.33. The molecule has 1 N–H and O–H groups in total. The molecule has 0 spiro atoms. The van der Waals surface area contributed by atoms with E-state index in [4.69, 9.17) is 0 Å². The van der Waals surface area contributed by atoms with Gasteiger partial charge in [0, 0.05) is 12.3 Å². The van der Waals surface area contributed by atoms with Crippen molar-refractivity contribution in [2.24, 2.45) is 0 Å². The Labute approximate surface area is 97.4 Å². The Morgan fingerprint density at radius 2 is 2.44 bits per heavy atom. The SMILES string of the molecule is Cc1cc([N+](=O)[O-])n(CC(=O)NCCS)n1. The number of aromatic nitrogens is 2. The molecule has 8 heteroatoms. The first-order valence-electron chi connectivity index (χ1n) is 4.61. The Kier molecular flexibility index (Phi) is 4.29. The van der Waals surface area contributed by atoms with E-state index in [0.29, 0.717) is 18.0 Å². The molecule has 0 aliphatic rings. The molecule has 0 aliphatic carbocycles. The van der Waals surface area contributed by atoms with Crippen molar-refractivity contribution in [3.8, 4) is 0 Å². The minimum atomic E-state index is -0.564. The van der Waals surface area contributed by atoms with Gasteiger partial charge in [-0.1, -0.05) is 5.10 Å². The monoisotopic (exact) mass is 244 g/mol. The van der Waals surface area contributed by atoms with Crippen LogP contribution in [0.25, 0.3) is 0 Å². The summed E-state index contributed by atoms with van der Waals surface area (Å²) in [5, 5.41) is 17.1. The highest BCUT2D eigenvalue weighted by Crippen LogP contribution is 2.12. The Hall–Kier alpha value is -1.57. The molecule has 88 valence electrons. The first-order valence-corrected chi connectivity index (χ1v) is 5.24. The van der Waals surface area contributed by atoms with Gasteiger partial charge in [0.05, 0.1) is 11.8 Å². The van der Waals surface area contributed by atoms with E-state index in [1.165, 1.54) is 6.07 Å². The molecule has 0 atom stereocenters. The Morgan fingerprint density at radius 3 is 3.00 bits per heavy atom. The van der Waals surface area contributed by atoms with Crippen molar-refractivity contribution in [2.75, 3.05) is 12.3 Å². The van der Waals surface area contributed by atoms with Gasteiger partial charge in [-0.05, 0) is 11.8 Å². The maximum absolute atomic E-state index is 11.3. The zero-order valence-corrected chi connectivity index (χ0v) is 9.61. The summed E-state index contributed by atoms with van der Waals surface area (Å²) in [5.74, 6) is 0.0187. The summed E-state index contributed by atoms with van der Waals surface area (Å²) >= 11 is 3.93. The van der Waals surface area contributed by atoms with Crippen LogP contribution in [0.3, 0.4) is 0 Å². The molecule has 0 bridgehead atoms. The lowest BCUT2D eigenvalue weighted by Crippen LogP contribution is -2.29. The summed E-state index contributed by atoms with van der Waals surface area (Å²) in [6.45, 7) is 1.91. The molecule has 0 aromatic carbocycles. The van der Waals surface area contributed by atoms with Crippen molar-refractivity contribution in [3.05, 3.63) is 21.9 Å². The fraction of sp³-hybridized carbons (Fsp3) is 0.500. The van der Waals surface area contributed by atoms with Crippen LogP contribution in [0, 0.1) is 17.0 Å². The molecule has 0 aliphatic heterocycles. The van der Waals surface area contributed by atoms with Crippen LogP contribution < -0.4 is 5.32 Å². The number of rotatable bonds is 5. The lowest BCUT2D eigenvalue weighted by Gasteiger charge is -2.01. The number of amides is 1. The van der Waals surface area contributed by atoms with E-state index in [1.807, 2.05) is 0 Å². The molecule has 1 amide bonds. The molecule has 1 rings (SSSR count). The van der Waals surface area contributed by atoms with Crippen LogP contribution in [0.1, 0.15) is 5.69 Å². The summed E-state index contributed by atoms with van der Waals surface area (Å²) in [5.41, 5.74) is 0.508. The molecule has 0 radical (unpaired) electrons. The first-order chi connectivity index (χ1) is 7.54. The molecule has 7 nitrogen and oxygen atoms in total. The van der Waals surface area contributed by atoms with Gasteiger partial charge in [0.1, 0.15) is 0 Å². The second-order valence-corrected chi connectivity index (χ2v) is 3.58. The van der Waals surface area contributed by atoms with Crippen molar-refractivity contribution in [2.45, 2.75) is 13.5 Å². The highest BCUT2D eigenvalue weighted by molar-refractivity contribution is 7.80. The van der Waals surface area contributed by atoms with Crippen LogP contribution in [0.2, 0.25) is 0 Å². The van der Waals surface area contributed by atoms with Gasteiger partial charge in [-0.25, -0.2) is 0 Å². The number of nitrogens with zero attached hydrogens (tertiary/aromatic N) is 3. The molecule has 1 heterocycles. The third kappa shape index (κ3) is 3.23. The quantitative estimate of drug-likeness (QED) is 0.438. The Bertz CT molecular complexity index is 404. The molecular weight excluding hydrogens is 232 g/mol. The topological polar surface area (TPSA) is 90.1 Å². The smallest absolute Gasteiger partial charge is 0.345 e. The largest absolute Gasteiger partial charge is 0.358 e. The first kappa shape index (κ1) is 12.5. The van der Waals surface area contributed by atoms with Gasteiger partial charge < -0.3 is 15.4 Å². The van der Waals surface area contributed by atoms with Crippen molar-refractivity contribution < 1.29 is 9.72 Å². The van der Waals surface area contributed by atoms with Gasteiger partial charge in [0.2, 0.25) is 0 Å². The second-order valence-electron chi connectivity index (χ2n) is 3.13. The number of nitro groups is 1. The maximum atomic E-state index is 11.3. The Morgan fingerprint density at radius 1 is 1.75 bits per heavy atom. The van der Waals surface area contributed by atoms with E-state index in [-0.39, 0.29) is 18.3 Å². The predicted molar refractivity (Wildman–Crippen MR) is 60.5 cm³/mol. The van der Waals surface area contributed by atoms with Gasteiger partial charge in [-0.2, -0.15) is 12.6 Å². The third-order valence-corrected chi connectivity index (χ3v) is 2.02.